The summed E-state index contributed by atoms with van der Waals surface area (Å²) in [6.45, 7) is 4.53. The Morgan fingerprint density at radius 1 is 1.31 bits per heavy atom. The Hall–Kier alpha value is -1.32. The minimum absolute atomic E-state index is 0. The highest BCUT2D eigenvalue weighted by atomic mass is 127. The summed E-state index contributed by atoms with van der Waals surface area (Å²) in [5, 5.41) is 13.7. The van der Waals surface area contributed by atoms with Crippen LogP contribution in [0.3, 0.4) is 0 Å². The van der Waals surface area contributed by atoms with Crippen molar-refractivity contribution < 1.29 is 9.84 Å². The van der Waals surface area contributed by atoms with E-state index < -0.39 is 6.10 Å². The number of likely N-dealkylation sites (tertiary alicyclic amines) is 1. The van der Waals surface area contributed by atoms with Crippen molar-refractivity contribution in [2.24, 2.45) is 4.99 Å². The van der Waals surface area contributed by atoms with Crippen molar-refractivity contribution in [1.82, 2.24) is 15.1 Å². The molecule has 3 rings (SSSR count). The van der Waals surface area contributed by atoms with E-state index in [9.17, 15) is 5.11 Å². The summed E-state index contributed by atoms with van der Waals surface area (Å²) >= 11 is 0. The van der Waals surface area contributed by atoms with E-state index >= 15 is 0 Å². The molecule has 1 aromatic carbocycles. The predicted octanol–water partition coefficient (Wildman–Crippen LogP) is 1.87. The van der Waals surface area contributed by atoms with E-state index in [1.54, 1.807) is 14.2 Å². The maximum absolute atomic E-state index is 10.4. The fraction of sp³-hybridized carbons (Fsp3) is 0.526. The Balaban J connectivity index is 0.00000243. The molecule has 1 fully saturated rings. The summed E-state index contributed by atoms with van der Waals surface area (Å²) in [6.07, 6.45) is 5.05. The average Bonchev–Trinajstić information content (AvgIpc) is 3.34. The van der Waals surface area contributed by atoms with Gasteiger partial charge in [0.1, 0.15) is 5.75 Å². The lowest BCUT2D eigenvalue weighted by Gasteiger charge is -2.26. The molecule has 1 aromatic rings. The third-order valence-corrected chi connectivity index (χ3v) is 4.99. The van der Waals surface area contributed by atoms with Gasteiger partial charge in [-0.05, 0) is 24.1 Å². The van der Waals surface area contributed by atoms with Gasteiger partial charge in [0.05, 0.1) is 13.2 Å². The zero-order chi connectivity index (χ0) is 17.6. The van der Waals surface area contributed by atoms with Crippen LogP contribution in [0.25, 0.3) is 0 Å². The van der Waals surface area contributed by atoms with Crippen molar-refractivity contribution in [3.63, 3.8) is 0 Å². The van der Waals surface area contributed by atoms with Gasteiger partial charge >= 0.3 is 0 Å². The third-order valence-electron chi connectivity index (χ3n) is 4.99. The van der Waals surface area contributed by atoms with Crippen LogP contribution in [0.15, 0.2) is 41.4 Å². The number of methoxy groups -OCH3 is 1. The van der Waals surface area contributed by atoms with Crippen LogP contribution in [0.4, 0.5) is 0 Å². The molecular weight excluding hydrogens is 443 g/mol. The average molecular weight is 472 g/mol. The van der Waals surface area contributed by atoms with E-state index in [-0.39, 0.29) is 24.0 Å². The lowest BCUT2D eigenvalue weighted by atomic mass is 10.1. The van der Waals surface area contributed by atoms with Crippen molar-refractivity contribution in [3.05, 3.63) is 42.0 Å². The Morgan fingerprint density at radius 2 is 2.00 bits per heavy atom. The molecule has 144 valence electrons. The van der Waals surface area contributed by atoms with E-state index in [0.29, 0.717) is 12.6 Å². The zero-order valence-corrected chi connectivity index (χ0v) is 17.8. The third kappa shape index (κ3) is 5.11. The number of nitrogens with zero attached hydrogens (tertiary/aromatic N) is 3. The summed E-state index contributed by atoms with van der Waals surface area (Å²) in [5.41, 5.74) is 0.867. The van der Waals surface area contributed by atoms with Crippen LogP contribution in [0.5, 0.6) is 5.75 Å². The molecule has 0 amide bonds. The maximum atomic E-state index is 10.4. The number of hydrogen-bond donors (Lipinski definition) is 2. The van der Waals surface area contributed by atoms with Gasteiger partial charge in [-0.15, -0.1) is 24.0 Å². The molecule has 6 nitrogen and oxygen atoms in total. The van der Waals surface area contributed by atoms with Gasteiger partial charge in [0.25, 0.3) is 0 Å². The van der Waals surface area contributed by atoms with Crippen LogP contribution in [-0.4, -0.2) is 73.8 Å². The molecule has 0 aromatic heterocycles. The Labute approximate surface area is 172 Å². The van der Waals surface area contributed by atoms with Crippen molar-refractivity contribution in [1.29, 1.82) is 0 Å². The number of ether oxygens (including phenoxy) is 1. The number of benzene rings is 1. The Bertz CT molecular complexity index is 612. The summed E-state index contributed by atoms with van der Waals surface area (Å²) in [5.74, 6) is 1.65. The molecule has 2 aliphatic heterocycles. The number of halogens is 1. The molecule has 2 aliphatic rings. The second kappa shape index (κ2) is 10.1. The van der Waals surface area contributed by atoms with Crippen LogP contribution in [-0.2, 0) is 0 Å². The van der Waals surface area contributed by atoms with Gasteiger partial charge in [-0.25, -0.2) is 0 Å². The lowest BCUT2D eigenvalue weighted by Crippen LogP contribution is -2.43. The molecule has 2 heterocycles. The van der Waals surface area contributed by atoms with Crippen molar-refractivity contribution >= 4 is 29.9 Å². The number of hydrogen-bond acceptors (Lipinski definition) is 4. The minimum atomic E-state index is -0.580. The van der Waals surface area contributed by atoms with E-state index in [1.165, 1.54) is 0 Å². The molecule has 0 aliphatic carbocycles. The van der Waals surface area contributed by atoms with E-state index in [4.69, 9.17) is 4.74 Å². The van der Waals surface area contributed by atoms with Crippen molar-refractivity contribution in [2.75, 3.05) is 46.9 Å². The molecule has 0 spiro atoms. The number of aliphatic hydroxyl groups excluding tert-OH is 1. The fourth-order valence-corrected chi connectivity index (χ4v) is 3.49. The molecule has 26 heavy (non-hydrogen) atoms. The van der Waals surface area contributed by atoms with Gasteiger partial charge < -0.3 is 20.1 Å². The number of rotatable bonds is 5. The van der Waals surface area contributed by atoms with Crippen LogP contribution in [0, 0.1) is 0 Å². The van der Waals surface area contributed by atoms with E-state index in [0.717, 1.165) is 49.9 Å². The highest BCUT2D eigenvalue weighted by molar-refractivity contribution is 14.0. The second-order valence-corrected chi connectivity index (χ2v) is 6.53. The highest BCUT2D eigenvalue weighted by Gasteiger charge is 2.29. The standard InChI is InChI=1S/C19H28N4O2.HI/c1-20-19(23-12-9-16(14-23)22-10-3-4-11-22)21-13-18(24)15-5-7-17(25-2)8-6-15;/h3-8,16,18,24H,9-14H2,1-2H3,(H,20,21);1H. The maximum Gasteiger partial charge on any atom is 0.193 e. The van der Waals surface area contributed by atoms with Crippen LogP contribution in [0.1, 0.15) is 18.1 Å². The normalized spacial score (nSPS) is 21.6. The minimum Gasteiger partial charge on any atom is -0.497 e. The van der Waals surface area contributed by atoms with Crippen molar-refractivity contribution in [2.45, 2.75) is 18.6 Å². The van der Waals surface area contributed by atoms with Crippen LogP contribution in [0.2, 0.25) is 0 Å². The van der Waals surface area contributed by atoms with Gasteiger partial charge in [-0.2, -0.15) is 0 Å². The largest absolute Gasteiger partial charge is 0.497 e. The fourth-order valence-electron chi connectivity index (χ4n) is 3.49. The SMILES string of the molecule is CN=C(NCC(O)c1ccc(OC)cc1)N1CCC(N2CC=CC2)C1.I. The molecule has 0 radical (unpaired) electrons. The van der Waals surface area contributed by atoms with E-state index in [2.05, 4.69) is 32.3 Å². The smallest absolute Gasteiger partial charge is 0.193 e. The van der Waals surface area contributed by atoms with Gasteiger partial charge in [0.2, 0.25) is 0 Å². The summed E-state index contributed by atoms with van der Waals surface area (Å²) < 4.78 is 5.15. The zero-order valence-electron chi connectivity index (χ0n) is 15.5. The van der Waals surface area contributed by atoms with Crippen LogP contribution >= 0.6 is 24.0 Å². The summed E-state index contributed by atoms with van der Waals surface area (Å²) in [6, 6.07) is 8.09. The predicted molar refractivity (Wildman–Crippen MR) is 115 cm³/mol. The molecule has 2 N–H and O–H groups in total. The van der Waals surface area contributed by atoms with Gasteiger partial charge in [-0.1, -0.05) is 24.3 Å². The monoisotopic (exact) mass is 472 g/mol. The first kappa shape index (κ1) is 21.0. The highest BCUT2D eigenvalue weighted by Crippen LogP contribution is 2.19. The number of aliphatic imine (C=N–C) groups is 1. The first-order valence-corrected chi connectivity index (χ1v) is 8.88. The number of nitrogens with one attached hydrogen (secondary N) is 1. The molecule has 0 bridgehead atoms. The van der Waals surface area contributed by atoms with Crippen LogP contribution < -0.4 is 10.1 Å². The Kier molecular flexibility index (Phi) is 8.17. The van der Waals surface area contributed by atoms with Gasteiger partial charge in [0.15, 0.2) is 5.96 Å². The molecule has 2 unspecified atom stereocenters. The summed E-state index contributed by atoms with van der Waals surface area (Å²) in [4.78, 5) is 9.17. The van der Waals surface area contributed by atoms with Gasteiger partial charge in [0, 0.05) is 45.8 Å². The summed E-state index contributed by atoms with van der Waals surface area (Å²) in [7, 11) is 3.44. The lowest BCUT2D eigenvalue weighted by molar-refractivity contribution is 0.179. The topological polar surface area (TPSA) is 60.3 Å². The first-order valence-electron chi connectivity index (χ1n) is 8.88. The first-order chi connectivity index (χ1) is 12.2. The molecule has 1 saturated heterocycles. The molecule has 7 heteroatoms. The molecule has 0 saturated carbocycles. The quantitative estimate of drug-likeness (QED) is 0.297. The Morgan fingerprint density at radius 3 is 2.62 bits per heavy atom. The van der Waals surface area contributed by atoms with Crippen molar-refractivity contribution in [3.8, 4) is 5.75 Å². The van der Waals surface area contributed by atoms with E-state index in [1.807, 2.05) is 24.3 Å². The second-order valence-electron chi connectivity index (χ2n) is 6.53. The van der Waals surface area contributed by atoms with Gasteiger partial charge in [-0.3, -0.25) is 9.89 Å². The number of aliphatic hydroxyl groups is 1. The molecule has 2 atom stereocenters. The molecular formula is C19H29IN4O2. The number of guanidine groups is 1.